The van der Waals surface area contributed by atoms with Gasteiger partial charge in [0.1, 0.15) is 5.82 Å². The van der Waals surface area contributed by atoms with Crippen LogP contribution in [0.5, 0.6) is 0 Å². The van der Waals surface area contributed by atoms with Gasteiger partial charge in [-0.2, -0.15) is 8.78 Å². The molecule has 0 atom stereocenters. The predicted molar refractivity (Wildman–Crippen MR) is 88.1 cm³/mol. The quantitative estimate of drug-likeness (QED) is 0.615. The van der Waals surface area contributed by atoms with E-state index in [1.165, 1.54) is 17.0 Å². The van der Waals surface area contributed by atoms with Gasteiger partial charge in [-0.25, -0.2) is 4.39 Å². The Kier molecular flexibility index (Phi) is 5.01. The second-order valence-electron chi connectivity index (χ2n) is 5.57. The zero-order chi connectivity index (χ0) is 18.7. The fourth-order valence-electron chi connectivity index (χ4n) is 2.50. The van der Waals surface area contributed by atoms with Crippen LogP contribution in [0.4, 0.5) is 18.9 Å². The first kappa shape index (κ1) is 17.7. The van der Waals surface area contributed by atoms with E-state index in [-0.39, 0.29) is 23.6 Å². The molecule has 0 aliphatic carbocycles. The van der Waals surface area contributed by atoms with E-state index in [4.69, 9.17) is 4.42 Å². The number of hydrogen-bond acceptors (Lipinski definition) is 4. The highest BCUT2D eigenvalue weighted by molar-refractivity contribution is 5.77. The van der Waals surface area contributed by atoms with Crippen molar-refractivity contribution < 1.29 is 22.4 Å². The van der Waals surface area contributed by atoms with Crippen molar-refractivity contribution in [2.24, 2.45) is 0 Å². The maximum Gasteiger partial charge on any atom is 0.314 e. The molecule has 0 spiro atoms. The number of halogens is 3. The highest BCUT2D eigenvalue weighted by Gasteiger charge is 2.18. The molecule has 134 valence electrons. The first-order valence-corrected chi connectivity index (χ1v) is 7.67. The number of aromatic nitrogens is 2. The molecule has 0 aliphatic heterocycles. The number of carbonyl (C=O) groups excluding carboxylic acids is 1. The Morgan fingerprint density at radius 3 is 2.58 bits per heavy atom. The molecule has 1 heterocycles. The number of para-hydroxylation sites is 1. The standard InChI is InChI=1S/C18H14F3N3O2/c1-11-4-2-3-5-15(11)24(10-25)9-13-7-6-12(8-14(13)19)17-22-23-18(26-17)16(20)21/h2-8,10,16H,9H2,1H3. The molecule has 0 unspecified atom stereocenters. The minimum absolute atomic E-state index is 0.0204. The zero-order valence-corrected chi connectivity index (χ0v) is 13.7. The van der Waals surface area contributed by atoms with E-state index in [0.29, 0.717) is 12.1 Å². The third kappa shape index (κ3) is 3.58. The number of benzene rings is 2. The number of amides is 1. The molecule has 8 heteroatoms. The lowest BCUT2D eigenvalue weighted by Crippen LogP contribution is -2.21. The average molecular weight is 361 g/mol. The largest absolute Gasteiger partial charge is 0.415 e. The minimum Gasteiger partial charge on any atom is -0.415 e. The summed E-state index contributed by atoms with van der Waals surface area (Å²) in [7, 11) is 0. The molecule has 0 saturated carbocycles. The molecule has 0 bridgehead atoms. The third-order valence-electron chi connectivity index (χ3n) is 3.82. The van der Waals surface area contributed by atoms with Gasteiger partial charge in [0, 0.05) is 16.8 Å². The highest BCUT2D eigenvalue weighted by atomic mass is 19.3. The molecule has 0 radical (unpaired) electrons. The van der Waals surface area contributed by atoms with Crippen molar-refractivity contribution in [1.82, 2.24) is 10.2 Å². The van der Waals surface area contributed by atoms with Gasteiger partial charge in [0.05, 0.1) is 6.54 Å². The Hall–Kier alpha value is -3.16. The maximum atomic E-state index is 14.4. The van der Waals surface area contributed by atoms with Crippen LogP contribution < -0.4 is 4.90 Å². The Morgan fingerprint density at radius 2 is 1.96 bits per heavy atom. The normalized spacial score (nSPS) is 11.0. The lowest BCUT2D eigenvalue weighted by Gasteiger charge is -2.20. The summed E-state index contributed by atoms with van der Waals surface area (Å²) in [5.74, 6) is -1.63. The van der Waals surface area contributed by atoms with Crippen LogP contribution >= 0.6 is 0 Å². The van der Waals surface area contributed by atoms with Crippen LogP contribution in [-0.2, 0) is 11.3 Å². The van der Waals surface area contributed by atoms with Gasteiger partial charge in [-0.05, 0) is 30.7 Å². The molecule has 3 aromatic rings. The monoisotopic (exact) mass is 361 g/mol. The predicted octanol–water partition coefficient (Wildman–Crippen LogP) is 4.28. The molecule has 26 heavy (non-hydrogen) atoms. The molecule has 1 aromatic heterocycles. The third-order valence-corrected chi connectivity index (χ3v) is 3.82. The SMILES string of the molecule is Cc1ccccc1N(C=O)Cc1ccc(-c2nnc(C(F)F)o2)cc1F. The second-order valence-corrected chi connectivity index (χ2v) is 5.57. The van der Waals surface area contributed by atoms with Crippen molar-refractivity contribution in [2.75, 3.05) is 4.90 Å². The summed E-state index contributed by atoms with van der Waals surface area (Å²) >= 11 is 0. The number of nitrogens with zero attached hydrogens (tertiary/aromatic N) is 3. The van der Waals surface area contributed by atoms with Crippen LogP contribution in [0.25, 0.3) is 11.5 Å². The smallest absolute Gasteiger partial charge is 0.314 e. The summed E-state index contributed by atoms with van der Waals surface area (Å²) in [6.07, 6.45) is -2.27. The molecular weight excluding hydrogens is 347 g/mol. The van der Waals surface area contributed by atoms with Crippen LogP contribution in [0, 0.1) is 12.7 Å². The van der Waals surface area contributed by atoms with Crippen molar-refractivity contribution in [3.63, 3.8) is 0 Å². The summed E-state index contributed by atoms with van der Waals surface area (Å²) in [5, 5.41) is 6.70. The van der Waals surface area contributed by atoms with Crippen LogP contribution in [0.1, 0.15) is 23.4 Å². The average Bonchev–Trinajstić information content (AvgIpc) is 3.12. The van der Waals surface area contributed by atoms with E-state index in [2.05, 4.69) is 10.2 Å². The van der Waals surface area contributed by atoms with Gasteiger partial charge >= 0.3 is 6.43 Å². The van der Waals surface area contributed by atoms with Crippen molar-refractivity contribution >= 4 is 12.1 Å². The van der Waals surface area contributed by atoms with E-state index in [0.717, 1.165) is 11.6 Å². The lowest BCUT2D eigenvalue weighted by molar-refractivity contribution is -0.107. The van der Waals surface area contributed by atoms with Gasteiger partial charge in [0.25, 0.3) is 5.89 Å². The Bertz CT molecular complexity index is 928. The summed E-state index contributed by atoms with van der Waals surface area (Å²) in [6, 6.07) is 11.3. The van der Waals surface area contributed by atoms with Crippen molar-refractivity contribution in [3.8, 4) is 11.5 Å². The van der Waals surface area contributed by atoms with Crippen molar-refractivity contribution in [2.45, 2.75) is 19.9 Å². The number of hydrogen-bond donors (Lipinski definition) is 0. The van der Waals surface area contributed by atoms with Gasteiger partial charge in [-0.3, -0.25) is 4.79 Å². The fourth-order valence-corrected chi connectivity index (χ4v) is 2.50. The highest BCUT2D eigenvalue weighted by Crippen LogP contribution is 2.26. The van der Waals surface area contributed by atoms with Crippen LogP contribution in [-0.4, -0.2) is 16.6 Å². The van der Waals surface area contributed by atoms with E-state index < -0.39 is 18.1 Å². The lowest BCUT2D eigenvalue weighted by atomic mass is 10.1. The summed E-state index contributed by atoms with van der Waals surface area (Å²) in [5.41, 5.74) is 1.99. The van der Waals surface area contributed by atoms with Crippen molar-refractivity contribution in [1.29, 1.82) is 0 Å². The van der Waals surface area contributed by atoms with E-state index in [1.807, 2.05) is 19.1 Å². The molecule has 5 nitrogen and oxygen atoms in total. The van der Waals surface area contributed by atoms with Crippen LogP contribution in [0.15, 0.2) is 46.9 Å². The minimum atomic E-state index is -2.89. The molecule has 2 aromatic carbocycles. The zero-order valence-electron chi connectivity index (χ0n) is 13.7. The van der Waals surface area contributed by atoms with Gasteiger partial charge in [-0.1, -0.05) is 24.3 Å². The number of alkyl halides is 2. The van der Waals surface area contributed by atoms with Gasteiger partial charge in [0.2, 0.25) is 12.3 Å². The summed E-state index contributed by atoms with van der Waals surface area (Å²) in [6.45, 7) is 1.87. The Balaban J connectivity index is 1.85. The molecule has 3 rings (SSSR count). The molecule has 0 saturated heterocycles. The first-order valence-electron chi connectivity index (χ1n) is 7.67. The molecule has 1 amide bonds. The Labute approximate surface area is 147 Å². The maximum absolute atomic E-state index is 14.4. The second kappa shape index (κ2) is 7.38. The number of carbonyl (C=O) groups is 1. The molecule has 0 N–H and O–H groups in total. The summed E-state index contributed by atoms with van der Waals surface area (Å²) < 4.78 is 44.3. The number of anilines is 1. The van der Waals surface area contributed by atoms with E-state index in [1.54, 1.807) is 12.1 Å². The van der Waals surface area contributed by atoms with Crippen LogP contribution in [0.3, 0.4) is 0 Å². The van der Waals surface area contributed by atoms with Gasteiger partial charge in [0.15, 0.2) is 0 Å². The van der Waals surface area contributed by atoms with Gasteiger partial charge < -0.3 is 9.32 Å². The summed E-state index contributed by atoms with van der Waals surface area (Å²) in [4.78, 5) is 12.8. The Morgan fingerprint density at radius 1 is 1.19 bits per heavy atom. The molecule has 0 fully saturated rings. The van der Waals surface area contributed by atoms with Crippen molar-refractivity contribution in [3.05, 3.63) is 65.3 Å². The topological polar surface area (TPSA) is 59.2 Å². The molecular formula is C18H14F3N3O2. The van der Waals surface area contributed by atoms with Crippen LogP contribution in [0.2, 0.25) is 0 Å². The molecule has 0 aliphatic rings. The van der Waals surface area contributed by atoms with Gasteiger partial charge in [-0.15, -0.1) is 10.2 Å². The fraction of sp³-hybridized carbons (Fsp3) is 0.167. The number of aryl methyl sites for hydroxylation is 1. The van der Waals surface area contributed by atoms with E-state index in [9.17, 15) is 18.0 Å². The first-order chi connectivity index (χ1) is 12.5. The van der Waals surface area contributed by atoms with E-state index >= 15 is 0 Å². The number of rotatable bonds is 6.